The highest BCUT2D eigenvalue weighted by atomic mass is 35.5. The topological polar surface area (TPSA) is 85.1 Å². The van der Waals surface area contributed by atoms with Crippen molar-refractivity contribution in [2.45, 2.75) is 42.0 Å². The smallest absolute Gasteiger partial charge is 0.242 e. The molecule has 0 aliphatic heterocycles. The normalized spacial score (nSPS) is 23.2. The lowest BCUT2D eigenvalue weighted by molar-refractivity contribution is 0.267. The van der Waals surface area contributed by atoms with E-state index in [1.807, 2.05) is 18.2 Å². The van der Waals surface area contributed by atoms with Gasteiger partial charge in [-0.3, -0.25) is 4.98 Å². The summed E-state index contributed by atoms with van der Waals surface area (Å²) in [7, 11) is -3.54. The van der Waals surface area contributed by atoms with Gasteiger partial charge in [-0.2, -0.15) is 0 Å². The second-order valence-corrected chi connectivity index (χ2v) is 8.73. The fourth-order valence-corrected chi connectivity index (χ4v) is 4.97. The molecule has 1 aromatic carbocycles. The van der Waals surface area contributed by atoms with Gasteiger partial charge < -0.3 is 5.73 Å². The zero-order valence-electron chi connectivity index (χ0n) is 14.3. The van der Waals surface area contributed by atoms with Crippen LogP contribution in [0, 0.1) is 0 Å². The number of benzene rings is 1. The molecule has 3 N–H and O–H groups in total. The maximum absolute atomic E-state index is 12.5. The van der Waals surface area contributed by atoms with E-state index >= 15 is 0 Å². The zero-order valence-corrected chi connectivity index (χ0v) is 16.7. The van der Waals surface area contributed by atoms with E-state index in [2.05, 4.69) is 15.8 Å². The molecule has 1 aliphatic rings. The number of nitrogens with zero attached hydrogens (tertiary/aromatic N) is 1. The summed E-state index contributed by atoms with van der Waals surface area (Å²) in [6.07, 6.45) is 6.04. The number of nitrogens with two attached hydrogens (primary N) is 1. The average Bonchev–Trinajstić information content (AvgIpc) is 2.63. The van der Waals surface area contributed by atoms with Gasteiger partial charge in [0.25, 0.3) is 0 Å². The molecule has 2 aromatic rings. The van der Waals surface area contributed by atoms with Gasteiger partial charge in [0.2, 0.25) is 10.0 Å². The highest BCUT2D eigenvalue weighted by Gasteiger charge is 2.37. The van der Waals surface area contributed by atoms with Gasteiger partial charge in [-0.05, 0) is 55.5 Å². The second-order valence-electron chi connectivity index (χ2n) is 6.58. The summed E-state index contributed by atoms with van der Waals surface area (Å²) in [6.45, 7) is 0.523. The number of sulfonamides is 1. The predicted molar refractivity (Wildman–Crippen MR) is 106 cm³/mol. The first-order valence-electron chi connectivity index (χ1n) is 8.34. The summed E-state index contributed by atoms with van der Waals surface area (Å²) < 4.78 is 27.7. The number of aromatic nitrogens is 1. The molecule has 1 aromatic heterocycles. The van der Waals surface area contributed by atoms with Crippen LogP contribution in [0.3, 0.4) is 0 Å². The van der Waals surface area contributed by atoms with Gasteiger partial charge in [0.05, 0.1) is 0 Å². The molecular weight excluding hydrogens is 393 g/mol. The van der Waals surface area contributed by atoms with Gasteiger partial charge >= 0.3 is 0 Å². The summed E-state index contributed by atoms with van der Waals surface area (Å²) in [4.78, 5) is 4.08. The Hall–Kier alpha value is -1.18. The molecule has 1 aliphatic carbocycles. The van der Waals surface area contributed by atoms with Gasteiger partial charge in [-0.25, -0.2) is 13.1 Å². The fraction of sp³-hybridized carbons (Fsp3) is 0.389. The van der Waals surface area contributed by atoms with E-state index in [0.29, 0.717) is 11.6 Å². The Morgan fingerprint density at radius 1 is 1.23 bits per heavy atom. The molecule has 8 heteroatoms. The van der Waals surface area contributed by atoms with E-state index in [4.69, 9.17) is 17.3 Å². The molecule has 0 saturated heterocycles. The van der Waals surface area contributed by atoms with E-state index in [-0.39, 0.29) is 28.8 Å². The van der Waals surface area contributed by atoms with Crippen LogP contribution < -0.4 is 10.5 Å². The third-order valence-corrected chi connectivity index (χ3v) is 6.78. The quantitative estimate of drug-likeness (QED) is 0.784. The van der Waals surface area contributed by atoms with Crippen molar-refractivity contribution in [3.63, 3.8) is 0 Å². The van der Waals surface area contributed by atoms with Crippen LogP contribution in [-0.4, -0.2) is 26.0 Å². The largest absolute Gasteiger partial charge is 0.330 e. The molecule has 3 rings (SSSR count). The summed E-state index contributed by atoms with van der Waals surface area (Å²) in [5.74, 6) is 0. The first kappa shape index (κ1) is 21.1. The average molecular weight is 416 g/mol. The fourth-order valence-electron chi connectivity index (χ4n) is 3.51. The Morgan fingerprint density at radius 2 is 1.96 bits per heavy atom. The molecule has 0 bridgehead atoms. The lowest BCUT2D eigenvalue weighted by Crippen LogP contribution is -2.45. The molecule has 1 fully saturated rings. The molecule has 142 valence electrons. The molecule has 0 atom stereocenters. The Kier molecular flexibility index (Phi) is 7.05. The number of hydrogen-bond acceptors (Lipinski definition) is 4. The molecular formula is C18H23Cl2N3O2S. The Bertz CT molecular complexity index is 823. The lowest BCUT2D eigenvalue weighted by atomic mass is 9.68. The Morgan fingerprint density at radius 3 is 2.54 bits per heavy atom. The number of pyridine rings is 1. The maximum atomic E-state index is 12.5. The summed E-state index contributed by atoms with van der Waals surface area (Å²) in [6, 6.07) is 10.9. The van der Waals surface area contributed by atoms with Crippen LogP contribution in [0.2, 0.25) is 5.02 Å². The van der Waals surface area contributed by atoms with Crippen molar-refractivity contribution in [3.05, 3.63) is 59.4 Å². The van der Waals surface area contributed by atoms with E-state index in [1.165, 1.54) is 6.20 Å². The van der Waals surface area contributed by atoms with Gasteiger partial charge in [-0.1, -0.05) is 23.7 Å². The second kappa shape index (κ2) is 8.67. The first-order valence-corrected chi connectivity index (χ1v) is 10.2. The maximum Gasteiger partial charge on any atom is 0.242 e. The van der Waals surface area contributed by atoms with E-state index in [9.17, 15) is 8.42 Å². The SMILES string of the molecule is Cl.NC[C@]1(c2cccc(Cl)c2)CC[C@@H](NS(=O)(=O)c2cccnc2)CC1. The highest BCUT2D eigenvalue weighted by molar-refractivity contribution is 7.89. The monoisotopic (exact) mass is 415 g/mol. The van der Waals surface area contributed by atoms with E-state index in [0.717, 1.165) is 31.2 Å². The molecule has 0 unspecified atom stereocenters. The van der Waals surface area contributed by atoms with Crippen molar-refractivity contribution < 1.29 is 8.42 Å². The van der Waals surface area contributed by atoms with Gasteiger partial charge in [0.1, 0.15) is 4.90 Å². The van der Waals surface area contributed by atoms with Gasteiger partial charge in [0, 0.05) is 35.4 Å². The third kappa shape index (κ3) is 4.56. The molecule has 26 heavy (non-hydrogen) atoms. The number of hydrogen-bond donors (Lipinski definition) is 2. The summed E-state index contributed by atoms with van der Waals surface area (Å²) in [5, 5.41) is 0.699. The van der Waals surface area contributed by atoms with Crippen molar-refractivity contribution in [1.82, 2.24) is 9.71 Å². The lowest BCUT2D eigenvalue weighted by Gasteiger charge is -2.40. The number of nitrogens with one attached hydrogen (secondary N) is 1. The van der Waals surface area contributed by atoms with Crippen molar-refractivity contribution in [3.8, 4) is 0 Å². The number of rotatable bonds is 5. The minimum atomic E-state index is -3.54. The zero-order chi connectivity index (χ0) is 17.9. The van der Waals surface area contributed by atoms with Crippen molar-refractivity contribution in [2.75, 3.05) is 6.54 Å². The molecule has 0 amide bonds. The van der Waals surface area contributed by atoms with Crippen LogP contribution in [-0.2, 0) is 15.4 Å². The Labute approximate surface area is 165 Å². The van der Waals surface area contributed by atoms with Crippen molar-refractivity contribution in [2.24, 2.45) is 5.73 Å². The van der Waals surface area contributed by atoms with Crippen LogP contribution in [0.25, 0.3) is 0 Å². The third-order valence-electron chi connectivity index (χ3n) is 5.04. The highest BCUT2D eigenvalue weighted by Crippen LogP contribution is 2.39. The molecule has 1 heterocycles. The molecule has 1 saturated carbocycles. The Balaban J connectivity index is 0.00000243. The van der Waals surface area contributed by atoms with Gasteiger partial charge in [0.15, 0.2) is 0 Å². The minimum Gasteiger partial charge on any atom is -0.330 e. The predicted octanol–water partition coefficient (Wildman–Crippen LogP) is 3.27. The van der Waals surface area contributed by atoms with Crippen LogP contribution in [0.1, 0.15) is 31.2 Å². The van der Waals surface area contributed by atoms with Gasteiger partial charge in [-0.15, -0.1) is 12.4 Å². The van der Waals surface area contributed by atoms with Crippen LogP contribution in [0.15, 0.2) is 53.7 Å². The van der Waals surface area contributed by atoms with Crippen LogP contribution in [0.5, 0.6) is 0 Å². The van der Waals surface area contributed by atoms with Crippen LogP contribution in [0.4, 0.5) is 0 Å². The summed E-state index contributed by atoms with van der Waals surface area (Å²) in [5.41, 5.74) is 7.09. The van der Waals surface area contributed by atoms with Crippen molar-refractivity contribution in [1.29, 1.82) is 0 Å². The first-order chi connectivity index (χ1) is 12.0. The molecule has 0 radical (unpaired) electrons. The van der Waals surface area contributed by atoms with E-state index in [1.54, 1.807) is 18.3 Å². The van der Waals surface area contributed by atoms with Crippen LogP contribution >= 0.6 is 24.0 Å². The molecule has 5 nitrogen and oxygen atoms in total. The summed E-state index contributed by atoms with van der Waals surface area (Å²) >= 11 is 6.13. The standard InChI is InChI=1S/C18H22ClN3O2S.ClH/c19-15-4-1-3-14(11-15)18(13-20)8-6-16(7-9-18)22-25(23,24)17-5-2-10-21-12-17;/h1-5,10-12,16,22H,6-9,13,20H2;1H/t16-,18+;. The van der Waals surface area contributed by atoms with Crippen molar-refractivity contribution >= 4 is 34.0 Å². The molecule has 0 spiro atoms. The number of halogens is 2. The minimum absolute atomic E-state index is 0. The van der Waals surface area contributed by atoms with E-state index < -0.39 is 10.0 Å².